The van der Waals surface area contributed by atoms with Crippen molar-refractivity contribution in [1.82, 2.24) is 5.01 Å². The van der Waals surface area contributed by atoms with E-state index in [0.29, 0.717) is 0 Å². The molecule has 1 fully saturated rings. The monoisotopic (exact) mass is 204 g/mol. The van der Waals surface area contributed by atoms with E-state index in [2.05, 4.69) is 24.3 Å². The van der Waals surface area contributed by atoms with Gasteiger partial charge in [0.1, 0.15) is 0 Å². The molecule has 2 aliphatic rings. The summed E-state index contributed by atoms with van der Waals surface area (Å²) >= 11 is 0. The van der Waals surface area contributed by atoms with Gasteiger partial charge in [0.2, 0.25) is 0 Å². The molecule has 1 aromatic rings. The van der Waals surface area contributed by atoms with Gasteiger partial charge in [0.15, 0.2) is 0 Å². The van der Waals surface area contributed by atoms with Crippen molar-refractivity contribution >= 4 is 0 Å². The molecule has 0 atom stereocenters. The minimum absolute atomic E-state index is 0.0353. The number of ether oxygens (including phenoxy) is 1. The van der Waals surface area contributed by atoms with Crippen LogP contribution in [0.25, 0.3) is 0 Å². The highest BCUT2D eigenvalue weighted by atomic mass is 16.5. The first kappa shape index (κ1) is 9.33. The van der Waals surface area contributed by atoms with Gasteiger partial charge in [-0.25, -0.2) is 5.01 Å². The third kappa shape index (κ3) is 1.39. The molecule has 0 radical (unpaired) electrons. The third-order valence-corrected chi connectivity index (χ3v) is 3.62. The Morgan fingerprint density at radius 1 is 1.20 bits per heavy atom. The molecule has 80 valence electrons. The number of piperidine rings is 1. The summed E-state index contributed by atoms with van der Waals surface area (Å²) in [5, 5.41) is 1.88. The predicted octanol–water partition coefficient (Wildman–Crippen LogP) is 1.38. The highest BCUT2D eigenvalue weighted by Crippen LogP contribution is 2.43. The first-order valence-corrected chi connectivity index (χ1v) is 5.52. The largest absolute Gasteiger partial charge is 0.365 e. The molecular formula is C12H16N2O. The highest BCUT2D eigenvalue weighted by molar-refractivity contribution is 5.35. The van der Waals surface area contributed by atoms with Crippen LogP contribution in [0.15, 0.2) is 24.3 Å². The normalized spacial score (nSPS) is 24.3. The molecule has 3 nitrogen and oxygen atoms in total. The van der Waals surface area contributed by atoms with Crippen molar-refractivity contribution in [2.24, 2.45) is 5.84 Å². The lowest BCUT2D eigenvalue weighted by molar-refractivity contribution is -0.0790. The number of nitrogens with zero attached hydrogens (tertiary/aromatic N) is 1. The minimum atomic E-state index is -0.0353. The quantitative estimate of drug-likeness (QED) is 0.649. The first-order valence-electron chi connectivity index (χ1n) is 5.52. The van der Waals surface area contributed by atoms with Gasteiger partial charge in [-0.2, -0.15) is 0 Å². The Bertz CT molecular complexity index is 370. The van der Waals surface area contributed by atoms with E-state index >= 15 is 0 Å². The number of fused-ring (bicyclic) bond motifs is 2. The SMILES string of the molecule is NN1CCC2(CC1)OCc1ccccc12. The van der Waals surface area contributed by atoms with Gasteiger partial charge in [-0.15, -0.1) is 0 Å². The van der Waals surface area contributed by atoms with Gasteiger partial charge in [0, 0.05) is 13.1 Å². The summed E-state index contributed by atoms with van der Waals surface area (Å²) in [6.07, 6.45) is 2.03. The predicted molar refractivity (Wildman–Crippen MR) is 57.9 cm³/mol. The highest BCUT2D eigenvalue weighted by Gasteiger charge is 2.41. The maximum Gasteiger partial charge on any atom is 0.0964 e. The number of hydrogen-bond acceptors (Lipinski definition) is 3. The molecule has 3 rings (SSSR count). The molecule has 0 unspecified atom stereocenters. The van der Waals surface area contributed by atoms with E-state index in [1.807, 2.05) is 5.01 Å². The Labute approximate surface area is 89.8 Å². The molecule has 0 aliphatic carbocycles. The zero-order valence-corrected chi connectivity index (χ0v) is 8.78. The summed E-state index contributed by atoms with van der Waals surface area (Å²) < 4.78 is 6.02. The molecule has 0 saturated carbocycles. The van der Waals surface area contributed by atoms with Crippen molar-refractivity contribution in [1.29, 1.82) is 0 Å². The summed E-state index contributed by atoms with van der Waals surface area (Å²) in [5.74, 6) is 5.78. The van der Waals surface area contributed by atoms with Crippen LogP contribution in [0, 0.1) is 0 Å². The molecule has 2 aliphatic heterocycles. The molecule has 1 spiro atoms. The average molecular weight is 204 g/mol. The van der Waals surface area contributed by atoms with Crippen molar-refractivity contribution < 1.29 is 4.74 Å². The van der Waals surface area contributed by atoms with Crippen LogP contribution >= 0.6 is 0 Å². The van der Waals surface area contributed by atoms with Crippen molar-refractivity contribution in [3.05, 3.63) is 35.4 Å². The Morgan fingerprint density at radius 2 is 1.93 bits per heavy atom. The van der Waals surface area contributed by atoms with Crippen LogP contribution in [0.5, 0.6) is 0 Å². The van der Waals surface area contributed by atoms with E-state index in [9.17, 15) is 0 Å². The lowest BCUT2D eigenvalue weighted by Gasteiger charge is -2.37. The van der Waals surface area contributed by atoms with Crippen LogP contribution in [0.3, 0.4) is 0 Å². The molecule has 3 heteroatoms. The zero-order chi connectivity index (χ0) is 10.3. The van der Waals surface area contributed by atoms with Gasteiger partial charge in [-0.05, 0) is 24.0 Å². The fourth-order valence-corrected chi connectivity index (χ4v) is 2.68. The van der Waals surface area contributed by atoms with Crippen molar-refractivity contribution in [2.75, 3.05) is 13.1 Å². The summed E-state index contributed by atoms with van der Waals surface area (Å²) in [6.45, 7) is 2.61. The second kappa shape index (κ2) is 3.30. The minimum Gasteiger partial charge on any atom is -0.365 e. The number of rotatable bonds is 0. The third-order valence-electron chi connectivity index (χ3n) is 3.62. The van der Waals surface area contributed by atoms with Crippen LogP contribution in [0.1, 0.15) is 24.0 Å². The maximum absolute atomic E-state index is 6.02. The van der Waals surface area contributed by atoms with Gasteiger partial charge in [-0.1, -0.05) is 24.3 Å². The summed E-state index contributed by atoms with van der Waals surface area (Å²) in [4.78, 5) is 0. The summed E-state index contributed by atoms with van der Waals surface area (Å²) in [6, 6.07) is 8.55. The lowest BCUT2D eigenvalue weighted by Crippen LogP contribution is -2.45. The van der Waals surface area contributed by atoms with E-state index in [-0.39, 0.29) is 5.60 Å². The fraction of sp³-hybridized carbons (Fsp3) is 0.500. The second-order valence-corrected chi connectivity index (χ2v) is 4.48. The van der Waals surface area contributed by atoms with Gasteiger partial charge in [0.25, 0.3) is 0 Å². The van der Waals surface area contributed by atoms with Crippen LogP contribution < -0.4 is 5.84 Å². The molecule has 0 amide bonds. The van der Waals surface area contributed by atoms with Gasteiger partial charge in [0.05, 0.1) is 12.2 Å². The van der Waals surface area contributed by atoms with Gasteiger partial charge in [-0.3, -0.25) is 5.84 Å². The van der Waals surface area contributed by atoms with E-state index < -0.39 is 0 Å². The Hall–Kier alpha value is -0.900. The van der Waals surface area contributed by atoms with E-state index in [4.69, 9.17) is 10.6 Å². The van der Waals surface area contributed by atoms with E-state index in [0.717, 1.165) is 32.5 Å². The lowest BCUT2D eigenvalue weighted by atomic mass is 9.84. The summed E-state index contributed by atoms with van der Waals surface area (Å²) in [5.41, 5.74) is 2.70. The molecule has 2 heterocycles. The Balaban J connectivity index is 1.95. The zero-order valence-electron chi connectivity index (χ0n) is 8.78. The fourth-order valence-electron chi connectivity index (χ4n) is 2.68. The van der Waals surface area contributed by atoms with Crippen molar-refractivity contribution in [3.63, 3.8) is 0 Å². The Morgan fingerprint density at radius 3 is 2.73 bits per heavy atom. The molecule has 2 N–H and O–H groups in total. The maximum atomic E-state index is 6.02. The number of hydrogen-bond donors (Lipinski definition) is 1. The Kier molecular flexibility index (Phi) is 2.06. The number of hydrazine groups is 1. The van der Waals surface area contributed by atoms with Crippen LogP contribution in [0.4, 0.5) is 0 Å². The topological polar surface area (TPSA) is 38.5 Å². The standard InChI is InChI=1S/C12H16N2O/c13-14-7-5-12(6-8-14)11-4-2-1-3-10(11)9-15-12/h1-4H,5-9,13H2. The molecule has 1 saturated heterocycles. The molecule has 15 heavy (non-hydrogen) atoms. The van der Waals surface area contributed by atoms with Crippen molar-refractivity contribution in [3.8, 4) is 0 Å². The number of benzene rings is 1. The van der Waals surface area contributed by atoms with Gasteiger partial charge < -0.3 is 4.74 Å². The molecule has 0 bridgehead atoms. The van der Waals surface area contributed by atoms with Crippen LogP contribution in [-0.2, 0) is 16.9 Å². The van der Waals surface area contributed by atoms with Crippen LogP contribution in [0.2, 0.25) is 0 Å². The smallest absolute Gasteiger partial charge is 0.0964 e. The van der Waals surface area contributed by atoms with Crippen LogP contribution in [-0.4, -0.2) is 18.1 Å². The summed E-state index contributed by atoms with van der Waals surface area (Å²) in [7, 11) is 0. The van der Waals surface area contributed by atoms with E-state index in [1.165, 1.54) is 11.1 Å². The van der Waals surface area contributed by atoms with Crippen molar-refractivity contribution in [2.45, 2.75) is 25.0 Å². The first-order chi connectivity index (χ1) is 7.30. The molecule has 1 aromatic carbocycles. The molecule has 0 aromatic heterocycles. The average Bonchev–Trinajstić information content (AvgIpc) is 2.63. The second-order valence-electron chi connectivity index (χ2n) is 4.48. The molecular weight excluding hydrogens is 188 g/mol. The number of nitrogens with two attached hydrogens (primary N) is 1. The van der Waals surface area contributed by atoms with Gasteiger partial charge >= 0.3 is 0 Å². The van der Waals surface area contributed by atoms with E-state index in [1.54, 1.807) is 0 Å².